The Hall–Kier alpha value is -2.53. The second kappa shape index (κ2) is 5.83. The molecule has 24 heavy (non-hydrogen) atoms. The number of hydrogen-bond acceptors (Lipinski definition) is 4. The minimum Gasteiger partial charge on any atom is -0.361 e. The van der Waals surface area contributed by atoms with Crippen LogP contribution >= 0.6 is 11.6 Å². The SMILES string of the molecule is CC(=O)Nc1ccc([C@@H]2Nc3cc(Cl)ccc3C3=NCCN32)cc1. The van der Waals surface area contributed by atoms with Gasteiger partial charge in [-0.3, -0.25) is 9.79 Å². The summed E-state index contributed by atoms with van der Waals surface area (Å²) in [6, 6.07) is 13.7. The third-order valence-corrected chi connectivity index (χ3v) is 4.48. The number of carbonyl (C=O) groups is 1. The second-order valence-corrected chi connectivity index (χ2v) is 6.38. The van der Waals surface area contributed by atoms with Crippen molar-refractivity contribution in [2.75, 3.05) is 23.7 Å². The van der Waals surface area contributed by atoms with E-state index in [9.17, 15) is 4.79 Å². The Bertz CT molecular complexity index is 831. The van der Waals surface area contributed by atoms with Crippen LogP contribution in [0.5, 0.6) is 0 Å². The number of benzene rings is 2. The maximum atomic E-state index is 11.2. The van der Waals surface area contributed by atoms with Gasteiger partial charge in [0.1, 0.15) is 12.0 Å². The van der Waals surface area contributed by atoms with Crippen molar-refractivity contribution < 1.29 is 4.79 Å². The summed E-state index contributed by atoms with van der Waals surface area (Å²) < 4.78 is 0. The van der Waals surface area contributed by atoms with E-state index >= 15 is 0 Å². The minimum absolute atomic E-state index is 0.00333. The van der Waals surface area contributed by atoms with Gasteiger partial charge in [-0.25, -0.2) is 0 Å². The van der Waals surface area contributed by atoms with Gasteiger partial charge >= 0.3 is 0 Å². The molecule has 2 heterocycles. The van der Waals surface area contributed by atoms with Crippen LogP contribution in [0.15, 0.2) is 47.5 Å². The van der Waals surface area contributed by atoms with E-state index < -0.39 is 0 Å². The van der Waals surface area contributed by atoms with Crippen molar-refractivity contribution in [2.24, 2.45) is 4.99 Å². The molecule has 0 spiro atoms. The van der Waals surface area contributed by atoms with Crippen molar-refractivity contribution in [2.45, 2.75) is 13.1 Å². The fourth-order valence-electron chi connectivity index (χ4n) is 3.22. The van der Waals surface area contributed by atoms with Gasteiger partial charge in [-0.1, -0.05) is 23.7 Å². The number of hydrogen-bond donors (Lipinski definition) is 2. The molecule has 6 heteroatoms. The standard InChI is InChI=1S/C18H17ClN4O/c1-11(24)21-14-5-2-12(3-6-14)17-22-16-10-13(19)4-7-15(16)18-20-8-9-23(17)18/h2-7,10,17,22H,8-9H2,1H3,(H,21,24)/t17-/m1/s1. The van der Waals surface area contributed by atoms with E-state index in [1.54, 1.807) is 0 Å². The Kier molecular flexibility index (Phi) is 3.65. The molecule has 0 bridgehead atoms. The number of carbonyl (C=O) groups excluding carboxylic acids is 1. The second-order valence-electron chi connectivity index (χ2n) is 5.94. The molecule has 122 valence electrons. The number of nitrogens with zero attached hydrogens (tertiary/aromatic N) is 2. The van der Waals surface area contributed by atoms with Crippen molar-refractivity contribution in [3.8, 4) is 0 Å². The summed E-state index contributed by atoms with van der Waals surface area (Å²) in [4.78, 5) is 18.1. The predicted molar refractivity (Wildman–Crippen MR) is 96.7 cm³/mol. The number of aliphatic imine (C=N–C) groups is 1. The van der Waals surface area contributed by atoms with Gasteiger partial charge in [-0.05, 0) is 35.9 Å². The lowest BCUT2D eigenvalue weighted by molar-refractivity contribution is -0.114. The summed E-state index contributed by atoms with van der Waals surface area (Å²) in [6.45, 7) is 3.17. The van der Waals surface area contributed by atoms with Crippen molar-refractivity contribution in [3.63, 3.8) is 0 Å². The van der Waals surface area contributed by atoms with Crippen LogP contribution in [0.3, 0.4) is 0 Å². The lowest BCUT2D eigenvalue weighted by Gasteiger charge is -2.37. The molecule has 5 nitrogen and oxygen atoms in total. The molecule has 4 rings (SSSR count). The molecule has 2 aromatic carbocycles. The molecule has 2 aromatic rings. The van der Waals surface area contributed by atoms with Gasteiger partial charge in [0.15, 0.2) is 0 Å². The molecule has 0 radical (unpaired) electrons. The number of halogens is 1. The number of amidine groups is 1. The quantitative estimate of drug-likeness (QED) is 0.880. The highest BCUT2D eigenvalue weighted by molar-refractivity contribution is 6.31. The molecule has 2 N–H and O–H groups in total. The van der Waals surface area contributed by atoms with Crippen molar-refractivity contribution in [1.29, 1.82) is 0 Å². The average molecular weight is 341 g/mol. The number of nitrogens with one attached hydrogen (secondary N) is 2. The normalized spacial score (nSPS) is 18.3. The summed E-state index contributed by atoms with van der Waals surface area (Å²) in [7, 11) is 0. The van der Waals surface area contributed by atoms with Crippen LogP contribution in [0.4, 0.5) is 11.4 Å². The summed E-state index contributed by atoms with van der Waals surface area (Å²) >= 11 is 6.15. The summed E-state index contributed by atoms with van der Waals surface area (Å²) in [5, 5.41) is 7.05. The van der Waals surface area contributed by atoms with Gasteiger partial charge in [0.05, 0.1) is 6.54 Å². The molecule has 0 saturated carbocycles. The zero-order chi connectivity index (χ0) is 16.7. The number of amides is 1. The maximum absolute atomic E-state index is 11.2. The Morgan fingerprint density at radius 2 is 2.08 bits per heavy atom. The Morgan fingerprint density at radius 1 is 1.29 bits per heavy atom. The van der Waals surface area contributed by atoms with Gasteiger partial charge in [0, 0.05) is 35.4 Å². The van der Waals surface area contributed by atoms with Crippen LogP contribution in [-0.4, -0.2) is 29.7 Å². The number of rotatable bonds is 2. The smallest absolute Gasteiger partial charge is 0.221 e. The molecule has 0 aliphatic carbocycles. The largest absolute Gasteiger partial charge is 0.361 e. The highest BCUT2D eigenvalue weighted by Gasteiger charge is 2.33. The first-order valence-corrected chi connectivity index (χ1v) is 8.25. The first-order chi connectivity index (χ1) is 11.6. The third-order valence-electron chi connectivity index (χ3n) is 4.25. The molecular formula is C18H17ClN4O. The van der Waals surface area contributed by atoms with E-state index in [0.29, 0.717) is 5.02 Å². The van der Waals surface area contributed by atoms with E-state index in [2.05, 4.69) is 20.5 Å². The van der Waals surface area contributed by atoms with Crippen molar-refractivity contribution in [1.82, 2.24) is 4.90 Å². The van der Waals surface area contributed by atoms with Crippen LogP contribution in [0, 0.1) is 0 Å². The summed E-state index contributed by atoms with van der Waals surface area (Å²) in [5.74, 6) is 0.937. The molecule has 1 amide bonds. The molecule has 0 aromatic heterocycles. The lowest BCUT2D eigenvalue weighted by Crippen LogP contribution is -2.41. The van der Waals surface area contributed by atoms with Crippen LogP contribution in [0.1, 0.15) is 24.2 Å². The highest BCUT2D eigenvalue weighted by atomic mass is 35.5. The minimum atomic E-state index is -0.0731. The molecule has 0 unspecified atom stereocenters. The fraction of sp³-hybridized carbons (Fsp3) is 0.222. The zero-order valence-corrected chi connectivity index (χ0v) is 14.0. The third kappa shape index (κ3) is 2.61. The van der Waals surface area contributed by atoms with Crippen LogP contribution in [-0.2, 0) is 4.79 Å². The molecule has 1 atom stereocenters. The van der Waals surface area contributed by atoms with Crippen LogP contribution in [0.2, 0.25) is 5.02 Å². The van der Waals surface area contributed by atoms with E-state index in [1.165, 1.54) is 6.92 Å². The van der Waals surface area contributed by atoms with Gasteiger partial charge in [0.25, 0.3) is 0 Å². The predicted octanol–water partition coefficient (Wildman–Crippen LogP) is 3.48. The van der Waals surface area contributed by atoms with E-state index in [4.69, 9.17) is 11.6 Å². The monoisotopic (exact) mass is 340 g/mol. The first kappa shape index (κ1) is 15.0. The zero-order valence-electron chi connectivity index (χ0n) is 13.2. The van der Waals surface area contributed by atoms with Crippen LogP contribution < -0.4 is 10.6 Å². The molecule has 0 fully saturated rings. The average Bonchev–Trinajstić information content (AvgIpc) is 3.04. The molecule has 0 saturated heterocycles. The van der Waals surface area contributed by atoms with E-state index in [0.717, 1.165) is 41.4 Å². The molecule has 2 aliphatic rings. The van der Waals surface area contributed by atoms with E-state index in [-0.39, 0.29) is 12.1 Å². The molecule has 2 aliphatic heterocycles. The summed E-state index contributed by atoms with van der Waals surface area (Å²) in [6.07, 6.45) is 0.00333. The maximum Gasteiger partial charge on any atom is 0.221 e. The van der Waals surface area contributed by atoms with Crippen LogP contribution in [0.25, 0.3) is 0 Å². The Morgan fingerprint density at radius 3 is 2.83 bits per heavy atom. The van der Waals surface area contributed by atoms with Gasteiger partial charge in [-0.2, -0.15) is 0 Å². The Balaban J connectivity index is 1.69. The number of fused-ring (bicyclic) bond motifs is 3. The Labute approximate surface area is 145 Å². The summed E-state index contributed by atoms with van der Waals surface area (Å²) in [5.41, 5.74) is 3.99. The fourth-order valence-corrected chi connectivity index (χ4v) is 3.40. The van der Waals surface area contributed by atoms with Crippen molar-refractivity contribution >= 4 is 34.7 Å². The topological polar surface area (TPSA) is 56.7 Å². The van der Waals surface area contributed by atoms with Gasteiger partial charge < -0.3 is 15.5 Å². The molecular weight excluding hydrogens is 324 g/mol. The van der Waals surface area contributed by atoms with Gasteiger partial charge in [0.2, 0.25) is 5.91 Å². The first-order valence-electron chi connectivity index (χ1n) is 7.87. The number of anilines is 2. The highest BCUT2D eigenvalue weighted by Crippen LogP contribution is 2.36. The van der Waals surface area contributed by atoms with Gasteiger partial charge in [-0.15, -0.1) is 0 Å². The van der Waals surface area contributed by atoms with Crippen molar-refractivity contribution in [3.05, 3.63) is 58.6 Å². The van der Waals surface area contributed by atoms with E-state index in [1.807, 2.05) is 42.5 Å². The lowest BCUT2D eigenvalue weighted by atomic mass is 10.0.